The molecule has 0 aliphatic carbocycles. The van der Waals surface area contributed by atoms with Gasteiger partial charge in [0.25, 0.3) is 5.56 Å². The summed E-state index contributed by atoms with van der Waals surface area (Å²) in [5.41, 5.74) is -0.504. The second-order valence-corrected chi connectivity index (χ2v) is 9.17. The number of fused-ring (bicyclic) bond motifs is 1. The van der Waals surface area contributed by atoms with E-state index in [0.29, 0.717) is 23.0 Å². The van der Waals surface area contributed by atoms with Gasteiger partial charge in [0.15, 0.2) is 5.65 Å². The van der Waals surface area contributed by atoms with E-state index in [2.05, 4.69) is 9.97 Å². The van der Waals surface area contributed by atoms with Gasteiger partial charge in [0, 0.05) is 25.7 Å². The van der Waals surface area contributed by atoms with Gasteiger partial charge in [-0.3, -0.25) is 18.7 Å². The average Bonchev–Trinajstić information content (AvgIpc) is 2.60. The fraction of sp³-hybridized carbons (Fsp3) is 0.650. The molecule has 0 spiro atoms. The summed E-state index contributed by atoms with van der Waals surface area (Å²) in [6.45, 7) is 14.1. The van der Waals surface area contributed by atoms with Gasteiger partial charge < -0.3 is 4.90 Å². The van der Waals surface area contributed by atoms with Crippen LogP contribution in [0, 0.1) is 12.8 Å². The predicted molar refractivity (Wildman–Crippen MR) is 116 cm³/mol. The molecule has 1 amide bonds. The zero-order valence-corrected chi connectivity index (χ0v) is 19.3. The summed E-state index contributed by atoms with van der Waals surface area (Å²) in [4.78, 5) is 48.9. The van der Waals surface area contributed by atoms with Crippen molar-refractivity contribution < 1.29 is 4.79 Å². The molecular weight excluding hydrogens is 390 g/mol. The Morgan fingerprint density at radius 2 is 1.66 bits per heavy atom. The third kappa shape index (κ3) is 4.88. The van der Waals surface area contributed by atoms with Gasteiger partial charge in [0.1, 0.15) is 16.2 Å². The zero-order valence-electron chi connectivity index (χ0n) is 18.5. The molecule has 29 heavy (non-hydrogen) atoms. The molecule has 0 aliphatic heterocycles. The second kappa shape index (κ2) is 9.11. The Bertz CT molecular complexity index is 1020. The molecule has 0 radical (unpaired) electrons. The number of thioether (sulfide) groups is 1. The number of nitrogens with zero attached hydrogens (tertiary/aromatic N) is 5. The van der Waals surface area contributed by atoms with Crippen molar-refractivity contribution >= 4 is 28.7 Å². The maximum absolute atomic E-state index is 12.9. The van der Waals surface area contributed by atoms with Crippen molar-refractivity contribution in [2.24, 2.45) is 13.0 Å². The maximum Gasteiger partial charge on any atom is 0.332 e. The predicted octanol–water partition coefficient (Wildman–Crippen LogP) is 2.19. The summed E-state index contributed by atoms with van der Waals surface area (Å²) < 4.78 is 2.61. The van der Waals surface area contributed by atoms with Gasteiger partial charge >= 0.3 is 5.69 Å². The minimum Gasteiger partial charge on any atom is -0.337 e. The van der Waals surface area contributed by atoms with Crippen molar-refractivity contribution in [2.45, 2.75) is 72.1 Å². The molecule has 0 aliphatic rings. The van der Waals surface area contributed by atoms with Crippen LogP contribution < -0.4 is 11.2 Å². The van der Waals surface area contributed by atoms with E-state index in [-0.39, 0.29) is 35.0 Å². The topological polar surface area (TPSA) is 90.1 Å². The number of rotatable bonds is 7. The molecule has 2 heterocycles. The molecule has 0 N–H and O–H groups in total. The highest BCUT2D eigenvalue weighted by atomic mass is 32.2. The van der Waals surface area contributed by atoms with E-state index in [1.165, 1.54) is 23.4 Å². The van der Waals surface area contributed by atoms with Gasteiger partial charge in [-0.2, -0.15) is 0 Å². The first-order chi connectivity index (χ1) is 13.5. The monoisotopic (exact) mass is 421 g/mol. The Morgan fingerprint density at radius 1 is 1.07 bits per heavy atom. The molecule has 0 atom stereocenters. The lowest BCUT2D eigenvalue weighted by Crippen LogP contribution is -2.43. The first kappa shape index (κ1) is 23.1. The summed E-state index contributed by atoms with van der Waals surface area (Å²) in [6.07, 6.45) is 0. The van der Waals surface area contributed by atoms with E-state index >= 15 is 0 Å². The van der Waals surface area contributed by atoms with Gasteiger partial charge in [0.05, 0.1) is 5.75 Å². The van der Waals surface area contributed by atoms with E-state index in [4.69, 9.17) is 0 Å². The van der Waals surface area contributed by atoms with Crippen molar-refractivity contribution in [3.8, 4) is 0 Å². The van der Waals surface area contributed by atoms with Crippen LogP contribution in [0.15, 0.2) is 14.6 Å². The Balaban J connectivity index is 2.58. The molecule has 0 bridgehead atoms. The van der Waals surface area contributed by atoms with Gasteiger partial charge in [0.2, 0.25) is 5.91 Å². The average molecular weight is 422 g/mol. The highest BCUT2D eigenvalue weighted by Gasteiger charge is 2.23. The third-order valence-corrected chi connectivity index (χ3v) is 5.50. The maximum atomic E-state index is 12.9. The number of carbonyl (C=O) groups is 1. The summed E-state index contributed by atoms with van der Waals surface area (Å²) >= 11 is 1.22. The summed E-state index contributed by atoms with van der Waals surface area (Å²) in [7, 11) is 1.46. The zero-order chi connectivity index (χ0) is 22.0. The first-order valence-electron chi connectivity index (χ1n) is 9.87. The smallest absolute Gasteiger partial charge is 0.332 e. The molecule has 0 aromatic carbocycles. The molecule has 160 valence electrons. The Kier molecular flexibility index (Phi) is 7.26. The minimum atomic E-state index is -0.440. The largest absolute Gasteiger partial charge is 0.337 e. The number of aryl methyl sites for hydroxylation is 1. The molecule has 2 rings (SSSR count). The lowest BCUT2D eigenvalue weighted by atomic mass is 10.2. The molecule has 0 saturated heterocycles. The lowest BCUT2D eigenvalue weighted by molar-refractivity contribution is -0.131. The SMILES string of the molecule is Cc1nc(SCC(=O)N(C(C)C)C(C)C)c2c(=O)n(C)c(=O)n(CC(C)C)c2n1. The number of carbonyl (C=O) groups excluding carboxylic acids is 1. The molecule has 2 aromatic rings. The Hall–Kier alpha value is -2.16. The first-order valence-corrected chi connectivity index (χ1v) is 10.9. The van der Waals surface area contributed by atoms with Crippen LogP contribution in [-0.2, 0) is 18.4 Å². The van der Waals surface area contributed by atoms with Gasteiger partial charge in [-0.15, -0.1) is 0 Å². The second-order valence-electron chi connectivity index (χ2n) is 8.20. The fourth-order valence-electron chi connectivity index (χ4n) is 3.45. The Morgan fingerprint density at radius 3 is 2.17 bits per heavy atom. The van der Waals surface area contributed by atoms with Crippen LogP contribution >= 0.6 is 11.8 Å². The van der Waals surface area contributed by atoms with Crippen LogP contribution in [0.1, 0.15) is 47.4 Å². The van der Waals surface area contributed by atoms with Gasteiger partial charge in [-0.05, 0) is 40.5 Å². The minimum absolute atomic E-state index is 0.0169. The Labute approximate surface area is 175 Å². The quantitative estimate of drug-likeness (QED) is 0.503. The normalized spacial score (nSPS) is 11.8. The van der Waals surface area contributed by atoms with Crippen LogP contribution in [0.5, 0.6) is 0 Å². The fourth-order valence-corrected chi connectivity index (χ4v) is 4.38. The van der Waals surface area contributed by atoms with E-state index in [1.54, 1.807) is 6.92 Å². The standard InChI is InChI=1S/C20H31N5O3S/c1-11(2)9-24-17-16(19(27)23(8)20(24)28)18(22-14(7)21-17)29-10-15(26)25(12(3)4)13(5)6/h11-13H,9-10H2,1-8H3. The highest BCUT2D eigenvalue weighted by Crippen LogP contribution is 2.23. The number of hydrogen-bond acceptors (Lipinski definition) is 6. The molecule has 9 heteroatoms. The number of aromatic nitrogens is 4. The van der Waals surface area contributed by atoms with Crippen molar-refractivity contribution in [2.75, 3.05) is 5.75 Å². The van der Waals surface area contributed by atoms with Gasteiger partial charge in [-0.1, -0.05) is 25.6 Å². The summed E-state index contributed by atoms with van der Waals surface area (Å²) in [5.74, 6) is 0.805. The third-order valence-electron chi connectivity index (χ3n) is 4.54. The molecule has 8 nitrogen and oxygen atoms in total. The van der Waals surface area contributed by atoms with Crippen LogP contribution in [0.3, 0.4) is 0 Å². The molecule has 0 unspecified atom stereocenters. The van der Waals surface area contributed by atoms with Crippen molar-refractivity contribution in [1.29, 1.82) is 0 Å². The molecule has 0 fully saturated rings. The molecular formula is C20H31N5O3S. The van der Waals surface area contributed by atoms with E-state index in [1.807, 2.05) is 46.4 Å². The van der Waals surface area contributed by atoms with Crippen LogP contribution in [0.25, 0.3) is 11.0 Å². The lowest BCUT2D eigenvalue weighted by Gasteiger charge is -2.30. The summed E-state index contributed by atoms with van der Waals surface area (Å²) in [5, 5.41) is 0.725. The van der Waals surface area contributed by atoms with Crippen LogP contribution in [0.4, 0.5) is 0 Å². The van der Waals surface area contributed by atoms with Crippen molar-refractivity contribution in [3.05, 3.63) is 26.7 Å². The van der Waals surface area contributed by atoms with Crippen molar-refractivity contribution in [1.82, 2.24) is 24.0 Å². The molecule has 2 aromatic heterocycles. The molecule has 0 saturated carbocycles. The number of hydrogen-bond donors (Lipinski definition) is 0. The summed E-state index contributed by atoms with van der Waals surface area (Å²) in [6, 6.07) is 0.159. The van der Waals surface area contributed by atoms with Crippen LogP contribution in [0.2, 0.25) is 0 Å². The van der Waals surface area contributed by atoms with E-state index in [0.717, 1.165) is 4.57 Å². The van der Waals surface area contributed by atoms with Crippen LogP contribution in [-0.4, -0.2) is 47.7 Å². The van der Waals surface area contributed by atoms with E-state index in [9.17, 15) is 14.4 Å². The van der Waals surface area contributed by atoms with E-state index < -0.39 is 11.2 Å². The number of amides is 1. The highest BCUT2D eigenvalue weighted by molar-refractivity contribution is 8.00. The van der Waals surface area contributed by atoms with Crippen molar-refractivity contribution in [3.63, 3.8) is 0 Å². The van der Waals surface area contributed by atoms with Gasteiger partial charge in [-0.25, -0.2) is 14.8 Å².